The second-order valence-corrected chi connectivity index (χ2v) is 7.30. The number of halogens is 3. The zero-order valence-electron chi connectivity index (χ0n) is 15.6. The van der Waals surface area contributed by atoms with Gasteiger partial charge in [-0.3, -0.25) is 10.1 Å². The molecule has 28 heavy (non-hydrogen) atoms. The first kappa shape index (κ1) is 20.1. The number of benzene rings is 1. The van der Waals surface area contributed by atoms with Crippen molar-refractivity contribution in [3.63, 3.8) is 0 Å². The van der Waals surface area contributed by atoms with Crippen LogP contribution in [0.2, 0.25) is 0 Å². The Hall–Kier alpha value is -2.65. The molecule has 10 heteroatoms. The Kier molecular flexibility index (Phi) is 5.07. The molecule has 2 aliphatic rings. The summed E-state index contributed by atoms with van der Waals surface area (Å²) in [5, 5.41) is 5.43. The van der Waals surface area contributed by atoms with E-state index in [-0.39, 0.29) is 29.6 Å². The molecule has 7 nitrogen and oxygen atoms in total. The summed E-state index contributed by atoms with van der Waals surface area (Å²) in [6.45, 7) is 2.00. The van der Waals surface area contributed by atoms with Gasteiger partial charge in [0.25, 0.3) is 0 Å². The third-order valence-electron chi connectivity index (χ3n) is 4.85. The molecular weight excluding hydrogens is 381 g/mol. The van der Waals surface area contributed by atoms with Crippen LogP contribution in [0.1, 0.15) is 20.3 Å². The highest BCUT2D eigenvalue weighted by atomic mass is 19.4. The van der Waals surface area contributed by atoms with Crippen molar-refractivity contribution in [2.75, 3.05) is 24.3 Å². The number of rotatable bonds is 4. The highest BCUT2D eigenvalue weighted by molar-refractivity contribution is 5.86. The Bertz CT molecular complexity index is 781. The molecule has 1 amide bonds. The lowest BCUT2D eigenvalue weighted by molar-refractivity contribution is -0.242. The largest absolute Gasteiger partial charge is 0.486 e. The number of alkyl halides is 3. The average Bonchev–Trinajstić information content (AvgIpc) is 3.39. The molecule has 1 aromatic rings. The first-order chi connectivity index (χ1) is 13.0. The minimum Gasteiger partial charge on any atom is -0.486 e. The van der Waals surface area contributed by atoms with E-state index in [1.54, 1.807) is 6.07 Å². The Labute approximate surface area is 159 Å². The van der Waals surface area contributed by atoms with E-state index in [0.717, 1.165) is 13.8 Å². The lowest BCUT2D eigenvalue weighted by Crippen LogP contribution is -2.44. The Morgan fingerprint density at radius 2 is 2.00 bits per heavy atom. The maximum atomic E-state index is 12.8. The van der Waals surface area contributed by atoms with Gasteiger partial charge in [0.05, 0.1) is 25.3 Å². The molecule has 0 radical (unpaired) electrons. The van der Waals surface area contributed by atoms with Crippen molar-refractivity contribution in [1.29, 1.82) is 0 Å². The molecule has 1 aliphatic carbocycles. The van der Waals surface area contributed by atoms with Crippen LogP contribution in [-0.4, -0.2) is 43.6 Å². The fourth-order valence-electron chi connectivity index (χ4n) is 2.98. The van der Waals surface area contributed by atoms with Crippen LogP contribution < -0.4 is 15.4 Å². The molecule has 1 saturated carbocycles. The summed E-state index contributed by atoms with van der Waals surface area (Å²) in [4.78, 5) is 23.4. The normalized spacial score (nSPS) is 23.6. The molecule has 0 spiro atoms. The van der Waals surface area contributed by atoms with Gasteiger partial charge in [-0.15, -0.1) is 0 Å². The van der Waals surface area contributed by atoms with Crippen molar-refractivity contribution < 1.29 is 37.0 Å². The molecule has 3 unspecified atom stereocenters. The van der Waals surface area contributed by atoms with E-state index in [0.29, 0.717) is 24.4 Å². The number of nitrogens with one attached hydrogen (secondary N) is 2. The van der Waals surface area contributed by atoms with Gasteiger partial charge < -0.3 is 19.5 Å². The minimum absolute atomic E-state index is 0.0745. The van der Waals surface area contributed by atoms with E-state index in [1.165, 1.54) is 19.2 Å². The van der Waals surface area contributed by atoms with E-state index in [1.807, 2.05) is 0 Å². The average molecular weight is 402 g/mol. The van der Waals surface area contributed by atoms with Crippen LogP contribution in [0.3, 0.4) is 0 Å². The number of carbonyl (C=O) groups excluding carboxylic acids is 2. The van der Waals surface area contributed by atoms with Gasteiger partial charge in [0, 0.05) is 11.6 Å². The molecule has 0 aromatic heterocycles. The van der Waals surface area contributed by atoms with Crippen LogP contribution in [0.5, 0.6) is 5.75 Å². The molecule has 154 valence electrons. The number of fused-ring (bicyclic) bond motifs is 1. The number of esters is 1. The van der Waals surface area contributed by atoms with Crippen molar-refractivity contribution >= 4 is 23.4 Å². The minimum atomic E-state index is -4.69. The smallest absolute Gasteiger partial charge is 0.427 e. The summed E-state index contributed by atoms with van der Waals surface area (Å²) in [6, 6.07) is 4.63. The maximum Gasteiger partial charge on any atom is 0.427 e. The summed E-state index contributed by atoms with van der Waals surface area (Å²) in [5.74, 6) is 0.192. The van der Waals surface area contributed by atoms with E-state index in [9.17, 15) is 22.8 Å². The number of hydrogen-bond donors (Lipinski definition) is 2. The summed E-state index contributed by atoms with van der Waals surface area (Å²) in [6.07, 6.45) is -5.38. The van der Waals surface area contributed by atoms with Gasteiger partial charge in [0.1, 0.15) is 11.9 Å². The molecule has 0 saturated heterocycles. The molecule has 3 atom stereocenters. The van der Waals surface area contributed by atoms with Gasteiger partial charge in [0.15, 0.2) is 0 Å². The molecular formula is C18H21F3N2O5. The van der Waals surface area contributed by atoms with Crippen LogP contribution in [0.4, 0.5) is 29.3 Å². The molecule has 2 N–H and O–H groups in total. The Balaban J connectivity index is 1.60. The fourth-order valence-corrected chi connectivity index (χ4v) is 2.98. The van der Waals surface area contributed by atoms with E-state index >= 15 is 0 Å². The molecule has 1 aromatic carbocycles. The predicted octanol–water partition coefficient (Wildman–Crippen LogP) is 3.56. The lowest BCUT2D eigenvalue weighted by Gasteiger charge is -2.29. The molecule has 1 fully saturated rings. The Morgan fingerprint density at radius 3 is 2.64 bits per heavy atom. The summed E-state index contributed by atoms with van der Waals surface area (Å²) < 4.78 is 53.5. The van der Waals surface area contributed by atoms with Crippen molar-refractivity contribution in [2.24, 2.45) is 11.8 Å². The highest BCUT2D eigenvalue weighted by Gasteiger charge is 2.51. The van der Waals surface area contributed by atoms with Gasteiger partial charge in [-0.1, -0.05) is 0 Å². The predicted molar refractivity (Wildman–Crippen MR) is 93.2 cm³/mol. The van der Waals surface area contributed by atoms with E-state index in [4.69, 9.17) is 9.47 Å². The number of hydrogen-bond acceptors (Lipinski definition) is 6. The van der Waals surface area contributed by atoms with Crippen LogP contribution in [0.15, 0.2) is 18.2 Å². The number of methoxy groups -OCH3 is 1. The summed E-state index contributed by atoms with van der Waals surface area (Å²) in [7, 11) is 1.35. The first-order valence-electron chi connectivity index (χ1n) is 8.71. The fraction of sp³-hybridized carbons (Fsp3) is 0.556. The first-order valence-corrected chi connectivity index (χ1v) is 8.71. The SMILES string of the molecule is COC(=O)C1CC1C1CNc2cc(NC(=O)OC(C)(C)C(F)(F)F)ccc2O1. The van der Waals surface area contributed by atoms with Gasteiger partial charge in [-0.25, -0.2) is 4.79 Å². The van der Waals surface area contributed by atoms with Gasteiger partial charge in [-0.05, 0) is 38.5 Å². The van der Waals surface area contributed by atoms with Crippen molar-refractivity contribution in [2.45, 2.75) is 38.1 Å². The number of anilines is 2. The molecule has 1 aliphatic heterocycles. The van der Waals surface area contributed by atoms with Crippen LogP contribution in [-0.2, 0) is 14.3 Å². The summed E-state index contributed by atoms with van der Waals surface area (Å²) >= 11 is 0. The number of amides is 1. The third kappa shape index (κ3) is 4.10. The van der Waals surface area contributed by atoms with Gasteiger partial charge >= 0.3 is 18.2 Å². The van der Waals surface area contributed by atoms with E-state index in [2.05, 4.69) is 15.4 Å². The topological polar surface area (TPSA) is 85.9 Å². The Morgan fingerprint density at radius 1 is 1.29 bits per heavy atom. The van der Waals surface area contributed by atoms with Crippen molar-refractivity contribution in [3.8, 4) is 5.75 Å². The van der Waals surface area contributed by atoms with Gasteiger partial charge in [-0.2, -0.15) is 13.2 Å². The van der Waals surface area contributed by atoms with Crippen LogP contribution in [0.25, 0.3) is 0 Å². The highest BCUT2D eigenvalue weighted by Crippen LogP contribution is 2.46. The monoisotopic (exact) mass is 402 g/mol. The lowest BCUT2D eigenvalue weighted by atomic mass is 10.1. The zero-order valence-corrected chi connectivity index (χ0v) is 15.6. The second-order valence-electron chi connectivity index (χ2n) is 7.30. The second kappa shape index (κ2) is 7.06. The number of ether oxygens (including phenoxy) is 3. The number of carbonyl (C=O) groups is 2. The maximum absolute atomic E-state index is 12.8. The van der Waals surface area contributed by atoms with Crippen LogP contribution >= 0.6 is 0 Å². The molecule has 0 bridgehead atoms. The van der Waals surface area contributed by atoms with Gasteiger partial charge in [0.2, 0.25) is 5.60 Å². The quantitative estimate of drug-likeness (QED) is 0.749. The van der Waals surface area contributed by atoms with Crippen LogP contribution in [0, 0.1) is 11.8 Å². The van der Waals surface area contributed by atoms with Crippen molar-refractivity contribution in [1.82, 2.24) is 0 Å². The van der Waals surface area contributed by atoms with Crippen molar-refractivity contribution in [3.05, 3.63) is 18.2 Å². The van der Waals surface area contributed by atoms with E-state index < -0.39 is 17.9 Å². The molecule has 3 rings (SSSR count). The zero-order chi connectivity index (χ0) is 20.7. The third-order valence-corrected chi connectivity index (χ3v) is 4.85. The summed E-state index contributed by atoms with van der Waals surface area (Å²) in [5.41, 5.74) is -1.77. The molecule has 1 heterocycles. The standard InChI is InChI=1S/C18H21F3N2O5/c1-17(2,18(19,20)21)28-16(25)23-9-4-5-13-12(6-9)22-8-14(27-13)10-7-11(10)15(24)26-3/h4-6,10-11,14,22H,7-8H2,1-3H3,(H,23,25).